The van der Waals surface area contributed by atoms with Crippen LogP contribution < -0.4 is 4.72 Å². The van der Waals surface area contributed by atoms with E-state index in [0.717, 1.165) is 9.21 Å². The fourth-order valence-corrected chi connectivity index (χ4v) is 3.79. The van der Waals surface area contributed by atoms with Crippen molar-refractivity contribution in [2.24, 2.45) is 5.92 Å². The second kappa shape index (κ2) is 7.06. The van der Waals surface area contributed by atoms with Gasteiger partial charge in [-0.1, -0.05) is 0 Å². The Kier molecular flexibility index (Phi) is 5.68. The molecule has 2 aliphatic rings. The van der Waals surface area contributed by atoms with Crippen molar-refractivity contribution in [3.8, 4) is 0 Å². The zero-order valence-corrected chi connectivity index (χ0v) is 14.9. The summed E-state index contributed by atoms with van der Waals surface area (Å²) < 4.78 is 58.7. The Bertz CT molecular complexity index is 564. The van der Waals surface area contributed by atoms with Crippen molar-refractivity contribution in [3.63, 3.8) is 0 Å². The number of carbonyl (C=O) groups is 1. The molecule has 2 unspecified atom stereocenters. The number of methoxy groups -OCH3 is 1. The van der Waals surface area contributed by atoms with Crippen molar-refractivity contribution in [2.45, 2.75) is 18.4 Å². The van der Waals surface area contributed by atoms with Crippen molar-refractivity contribution >= 4 is 16.2 Å². The highest BCUT2D eigenvalue weighted by Crippen LogP contribution is 2.29. The molecule has 1 N–H and O–H groups in total. The number of hydrogen-bond acceptors (Lipinski definition) is 4. The van der Waals surface area contributed by atoms with Gasteiger partial charge in [0.25, 0.3) is 16.1 Å². The molecule has 2 fully saturated rings. The lowest BCUT2D eigenvalue weighted by atomic mass is 9.93. The third-order valence-corrected chi connectivity index (χ3v) is 5.84. The van der Waals surface area contributed by atoms with Gasteiger partial charge in [0.1, 0.15) is 0 Å². The molecule has 2 heterocycles. The highest BCUT2D eigenvalue weighted by atomic mass is 32.2. The Balaban J connectivity index is 1.98. The van der Waals surface area contributed by atoms with Gasteiger partial charge < -0.3 is 14.5 Å². The summed E-state index contributed by atoms with van der Waals surface area (Å²) in [6.45, 7) is -0.292. The van der Waals surface area contributed by atoms with Gasteiger partial charge in [-0.2, -0.15) is 17.4 Å². The van der Waals surface area contributed by atoms with Gasteiger partial charge in [0, 0.05) is 46.3 Å². The third kappa shape index (κ3) is 4.32. The molecular weight excluding hydrogens is 346 g/mol. The molecule has 0 bridgehead atoms. The van der Waals surface area contributed by atoms with Crippen LogP contribution >= 0.6 is 0 Å². The molecule has 0 aromatic heterocycles. The lowest BCUT2D eigenvalue weighted by molar-refractivity contribution is -0.115. The first-order chi connectivity index (χ1) is 11.1. The Morgan fingerprint density at radius 2 is 1.96 bits per heavy atom. The summed E-state index contributed by atoms with van der Waals surface area (Å²) in [7, 11) is 0.751. The fourth-order valence-electron chi connectivity index (χ4n) is 2.89. The molecule has 11 heteroatoms. The molecule has 2 atom stereocenters. The summed E-state index contributed by atoms with van der Waals surface area (Å²) in [5.41, 5.74) is 0. The summed E-state index contributed by atoms with van der Waals surface area (Å²) in [6.07, 6.45) is 0.400. The average Bonchev–Trinajstić information content (AvgIpc) is 2.45. The van der Waals surface area contributed by atoms with Crippen LogP contribution in [0.3, 0.4) is 0 Å². The first-order valence-electron chi connectivity index (χ1n) is 7.66. The van der Waals surface area contributed by atoms with Crippen LogP contribution in [0.15, 0.2) is 0 Å². The molecule has 8 nitrogen and oxygen atoms in total. The predicted molar refractivity (Wildman–Crippen MR) is 83.0 cm³/mol. The van der Waals surface area contributed by atoms with Crippen LogP contribution in [0.1, 0.15) is 6.42 Å². The predicted octanol–water partition coefficient (Wildman–Crippen LogP) is -0.210. The summed E-state index contributed by atoms with van der Waals surface area (Å²) >= 11 is 0. The Morgan fingerprint density at radius 1 is 1.33 bits per heavy atom. The maximum Gasteiger partial charge on any atom is 0.320 e. The normalized spacial score (nSPS) is 27.2. The number of likely N-dealkylation sites (tertiary alicyclic amines) is 2. The highest BCUT2D eigenvalue weighted by Gasteiger charge is 2.48. The third-order valence-electron chi connectivity index (χ3n) is 4.28. The number of ether oxygens (including phenoxy) is 1. The van der Waals surface area contributed by atoms with E-state index in [1.807, 2.05) is 0 Å². The van der Waals surface area contributed by atoms with E-state index < -0.39 is 35.3 Å². The second-order valence-corrected chi connectivity index (χ2v) is 8.37. The minimum atomic E-state index is -3.60. The monoisotopic (exact) mass is 370 g/mol. The van der Waals surface area contributed by atoms with Gasteiger partial charge in [0.05, 0.1) is 19.7 Å². The maximum atomic E-state index is 12.9. The molecule has 2 amide bonds. The zero-order valence-electron chi connectivity index (χ0n) is 14.0. The number of hydrogen-bond donors (Lipinski definition) is 1. The molecular formula is C13H24F2N4O4S. The van der Waals surface area contributed by atoms with Crippen LogP contribution in [0.25, 0.3) is 0 Å². The van der Waals surface area contributed by atoms with Crippen LogP contribution in [-0.2, 0) is 14.9 Å². The van der Waals surface area contributed by atoms with E-state index in [4.69, 9.17) is 4.74 Å². The van der Waals surface area contributed by atoms with Gasteiger partial charge in [-0.15, -0.1) is 0 Å². The van der Waals surface area contributed by atoms with Gasteiger partial charge in [-0.05, 0) is 6.42 Å². The summed E-state index contributed by atoms with van der Waals surface area (Å²) in [5, 5.41) is 0. The number of amides is 2. The van der Waals surface area contributed by atoms with E-state index in [2.05, 4.69) is 4.72 Å². The Labute approximate surface area is 140 Å². The van der Waals surface area contributed by atoms with Gasteiger partial charge in [-0.3, -0.25) is 0 Å². The number of halogens is 2. The first kappa shape index (κ1) is 19.3. The number of carbonyl (C=O) groups excluding carboxylic acids is 1. The Hall–Kier alpha value is -1.04. The van der Waals surface area contributed by atoms with Gasteiger partial charge in [-0.25, -0.2) is 13.6 Å². The molecule has 0 spiro atoms. The lowest BCUT2D eigenvalue weighted by Crippen LogP contribution is -2.64. The van der Waals surface area contributed by atoms with Crippen molar-refractivity contribution in [2.75, 3.05) is 54.0 Å². The standard InChI is InChI=1S/C13H24F2N4O4S/c1-17(2)24(21,22)16-11-4-5-18(6-10(11)7-23-3)12(20)19-8-13(14,15)9-19/h10-11,16H,4-9H2,1-3H3. The number of alkyl halides is 2. The molecule has 2 aliphatic heterocycles. The van der Waals surface area contributed by atoms with E-state index in [0.29, 0.717) is 13.0 Å². The van der Waals surface area contributed by atoms with E-state index in [1.54, 1.807) is 0 Å². The van der Waals surface area contributed by atoms with E-state index >= 15 is 0 Å². The smallest absolute Gasteiger partial charge is 0.320 e. The number of urea groups is 1. The van der Waals surface area contributed by atoms with Crippen LogP contribution in [0.4, 0.5) is 13.6 Å². The summed E-state index contributed by atoms with van der Waals surface area (Å²) in [5.74, 6) is -3.05. The van der Waals surface area contributed by atoms with Crippen LogP contribution in [0.2, 0.25) is 0 Å². The quantitative estimate of drug-likeness (QED) is 0.726. The summed E-state index contributed by atoms with van der Waals surface area (Å²) in [4.78, 5) is 14.8. The summed E-state index contributed by atoms with van der Waals surface area (Å²) in [6, 6.07) is -0.810. The van der Waals surface area contributed by atoms with Crippen LogP contribution in [0, 0.1) is 5.92 Å². The largest absolute Gasteiger partial charge is 0.384 e. The molecule has 0 saturated carbocycles. The van der Waals surface area contributed by atoms with E-state index in [9.17, 15) is 22.0 Å². The fraction of sp³-hybridized carbons (Fsp3) is 0.923. The zero-order chi connectivity index (χ0) is 18.1. The molecule has 2 saturated heterocycles. The van der Waals surface area contributed by atoms with Gasteiger partial charge >= 0.3 is 6.03 Å². The van der Waals surface area contributed by atoms with Crippen molar-refractivity contribution < 1.29 is 26.7 Å². The van der Waals surface area contributed by atoms with Crippen molar-refractivity contribution in [1.82, 2.24) is 18.8 Å². The molecule has 0 radical (unpaired) electrons. The maximum absolute atomic E-state index is 12.9. The SMILES string of the molecule is COCC1CN(C(=O)N2CC(F)(F)C2)CCC1NS(=O)(=O)N(C)C. The lowest BCUT2D eigenvalue weighted by Gasteiger charge is -2.45. The molecule has 0 aliphatic carbocycles. The molecule has 0 aromatic rings. The van der Waals surface area contributed by atoms with Crippen LogP contribution in [0.5, 0.6) is 0 Å². The van der Waals surface area contributed by atoms with Gasteiger partial charge in [0.15, 0.2) is 0 Å². The molecule has 2 rings (SSSR count). The van der Waals surface area contributed by atoms with Gasteiger partial charge in [0.2, 0.25) is 0 Å². The highest BCUT2D eigenvalue weighted by molar-refractivity contribution is 7.87. The van der Waals surface area contributed by atoms with Crippen LogP contribution in [-0.4, -0.2) is 94.5 Å². The molecule has 0 aromatic carbocycles. The molecule has 140 valence electrons. The first-order valence-corrected chi connectivity index (χ1v) is 9.10. The Morgan fingerprint density at radius 3 is 2.46 bits per heavy atom. The topological polar surface area (TPSA) is 82.2 Å². The molecule has 24 heavy (non-hydrogen) atoms. The van der Waals surface area contributed by atoms with Crippen molar-refractivity contribution in [3.05, 3.63) is 0 Å². The van der Waals surface area contributed by atoms with E-state index in [1.165, 1.54) is 26.1 Å². The van der Waals surface area contributed by atoms with E-state index in [-0.39, 0.29) is 25.1 Å². The minimum Gasteiger partial charge on any atom is -0.384 e. The minimum absolute atomic E-state index is 0.246. The van der Waals surface area contributed by atoms with Crippen molar-refractivity contribution in [1.29, 1.82) is 0 Å². The number of rotatable bonds is 5. The number of nitrogens with zero attached hydrogens (tertiary/aromatic N) is 3. The second-order valence-electron chi connectivity index (χ2n) is 6.46. The average molecular weight is 370 g/mol. The number of nitrogens with one attached hydrogen (secondary N) is 1. The number of piperidine rings is 1.